The van der Waals surface area contributed by atoms with E-state index in [1.165, 1.54) is 0 Å². The van der Waals surface area contributed by atoms with Crippen molar-refractivity contribution in [2.75, 3.05) is 13.2 Å². The van der Waals surface area contributed by atoms with Crippen LogP contribution in [0.25, 0.3) is 10.9 Å². The second kappa shape index (κ2) is 4.68. The van der Waals surface area contributed by atoms with E-state index in [9.17, 15) is 10.0 Å². The summed E-state index contributed by atoms with van der Waals surface area (Å²) >= 11 is 0. The fourth-order valence-electron chi connectivity index (χ4n) is 2.71. The van der Waals surface area contributed by atoms with E-state index in [0.717, 1.165) is 35.1 Å². The molecule has 2 heterocycles. The normalized spacial score (nSPS) is 18.3. The number of aromatic nitrogens is 1. The molecule has 0 saturated heterocycles. The first-order chi connectivity index (χ1) is 9.22. The van der Waals surface area contributed by atoms with Crippen LogP contribution in [0.15, 0.2) is 18.2 Å². The number of aryl methyl sites for hydroxylation is 1. The number of esters is 1. The lowest BCUT2D eigenvalue weighted by molar-refractivity contribution is -0.778. The monoisotopic (exact) mass is 260 g/mol. The fraction of sp³-hybridized carbons (Fsp3) is 0.357. The summed E-state index contributed by atoms with van der Waals surface area (Å²) < 4.78 is 5.05. The molecule has 1 atom stereocenters. The Hall–Kier alpha value is -1.85. The third-order valence-electron chi connectivity index (χ3n) is 3.52. The molecule has 0 bridgehead atoms. The number of benzene rings is 1. The molecule has 1 aliphatic heterocycles. The van der Waals surface area contributed by atoms with Gasteiger partial charge in [0, 0.05) is 6.42 Å². The molecule has 5 heteroatoms. The Bertz CT molecular complexity index is 633. The minimum Gasteiger partial charge on any atom is -0.629 e. The highest BCUT2D eigenvalue weighted by molar-refractivity contribution is 6.06. The van der Waals surface area contributed by atoms with Crippen molar-refractivity contribution >= 4 is 22.6 Å². The highest BCUT2D eigenvalue weighted by Gasteiger charge is 2.24. The summed E-state index contributed by atoms with van der Waals surface area (Å²) in [4.78, 5) is 15.2. The van der Waals surface area contributed by atoms with E-state index in [1.807, 2.05) is 6.07 Å². The largest absolute Gasteiger partial charge is 0.629 e. The standard InChI is InChI=1S/C14H16N2O3/c1-2-19-14(17)10-6-3-5-9-12(10)15-11-7-4-8-16(18)13(9)11/h3,5-6,15-16H,2,4,7-8H2,1H3. The van der Waals surface area contributed by atoms with Crippen molar-refractivity contribution in [1.82, 2.24) is 4.98 Å². The maximum Gasteiger partial charge on any atom is 0.340 e. The van der Waals surface area contributed by atoms with Gasteiger partial charge in [-0.25, -0.2) is 4.79 Å². The number of quaternary nitrogens is 1. The number of ether oxygens (including phenoxy) is 1. The number of rotatable bonds is 2. The van der Waals surface area contributed by atoms with E-state index < -0.39 is 0 Å². The number of hydroxylamine groups is 1. The van der Waals surface area contributed by atoms with Gasteiger partial charge in [0.25, 0.3) is 0 Å². The molecular weight excluding hydrogens is 244 g/mol. The van der Waals surface area contributed by atoms with Crippen molar-refractivity contribution in [3.05, 3.63) is 34.7 Å². The van der Waals surface area contributed by atoms with Crippen LogP contribution in [0.2, 0.25) is 0 Å². The van der Waals surface area contributed by atoms with Crippen LogP contribution in [0.5, 0.6) is 0 Å². The number of hydrogen-bond acceptors (Lipinski definition) is 3. The summed E-state index contributed by atoms with van der Waals surface area (Å²) in [7, 11) is 0. The van der Waals surface area contributed by atoms with Gasteiger partial charge in [0.1, 0.15) is 0 Å². The quantitative estimate of drug-likeness (QED) is 0.631. The van der Waals surface area contributed by atoms with Crippen LogP contribution < -0.4 is 5.06 Å². The average molecular weight is 260 g/mol. The van der Waals surface area contributed by atoms with Gasteiger partial charge < -0.3 is 20.0 Å². The van der Waals surface area contributed by atoms with Gasteiger partial charge in [0.2, 0.25) is 0 Å². The van der Waals surface area contributed by atoms with E-state index in [-0.39, 0.29) is 11.0 Å². The number of para-hydroxylation sites is 1. The van der Waals surface area contributed by atoms with Crippen LogP contribution in [0.1, 0.15) is 29.4 Å². The van der Waals surface area contributed by atoms with E-state index in [2.05, 4.69) is 4.98 Å². The lowest BCUT2D eigenvalue weighted by Crippen LogP contribution is -3.03. The highest BCUT2D eigenvalue weighted by atomic mass is 16.5. The molecule has 1 aliphatic rings. The number of nitrogens with one attached hydrogen (secondary N) is 2. The summed E-state index contributed by atoms with van der Waals surface area (Å²) in [6.07, 6.45) is 1.73. The number of hydrogen-bond donors (Lipinski definition) is 2. The summed E-state index contributed by atoms with van der Waals surface area (Å²) in [6.45, 7) is 2.71. The lowest BCUT2D eigenvalue weighted by atomic mass is 10.1. The predicted molar refractivity (Wildman–Crippen MR) is 71.4 cm³/mol. The van der Waals surface area contributed by atoms with Crippen molar-refractivity contribution in [2.45, 2.75) is 19.8 Å². The summed E-state index contributed by atoms with van der Waals surface area (Å²) in [5.74, 6) is -0.348. The molecule has 0 radical (unpaired) electrons. The molecule has 2 aromatic rings. The molecule has 19 heavy (non-hydrogen) atoms. The van der Waals surface area contributed by atoms with Gasteiger partial charge in [0.05, 0.1) is 35.3 Å². The first kappa shape index (κ1) is 12.2. The zero-order valence-electron chi connectivity index (χ0n) is 10.8. The first-order valence-corrected chi connectivity index (χ1v) is 6.56. The number of aromatic amines is 1. The Labute approximate surface area is 110 Å². The number of carbonyl (C=O) groups excluding carboxylic acids is 1. The Morgan fingerprint density at radius 1 is 1.53 bits per heavy atom. The van der Waals surface area contributed by atoms with Gasteiger partial charge in [-0.1, -0.05) is 6.07 Å². The molecule has 100 valence electrons. The summed E-state index contributed by atoms with van der Waals surface area (Å²) in [5.41, 5.74) is 2.93. The highest BCUT2D eigenvalue weighted by Crippen LogP contribution is 2.29. The molecule has 5 nitrogen and oxygen atoms in total. The van der Waals surface area contributed by atoms with Gasteiger partial charge >= 0.3 is 5.97 Å². The topological polar surface area (TPSA) is 69.6 Å². The fourth-order valence-corrected chi connectivity index (χ4v) is 2.71. The Kier molecular flexibility index (Phi) is 3.00. The second-order valence-corrected chi connectivity index (χ2v) is 4.70. The molecule has 1 aromatic carbocycles. The van der Waals surface area contributed by atoms with Gasteiger partial charge in [-0.15, -0.1) is 0 Å². The van der Waals surface area contributed by atoms with Crippen LogP contribution in [-0.4, -0.2) is 24.1 Å². The maximum absolute atomic E-state index is 12.0. The van der Waals surface area contributed by atoms with Crippen LogP contribution in [0.4, 0.5) is 5.69 Å². The molecule has 0 fully saturated rings. The molecule has 3 rings (SSSR count). The molecule has 2 N–H and O–H groups in total. The number of H-pyrrole nitrogens is 1. The molecule has 0 spiro atoms. The molecule has 0 saturated carbocycles. The summed E-state index contributed by atoms with van der Waals surface area (Å²) in [5, 5.41) is 13.0. The molecule has 1 unspecified atom stereocenters. The van der Waals surface area contributed by atoms with Crippen molar-refractivity contribution in [3.8, 4) is 0 Å². The van der Waals surface area contributed by atoms with E-state index >= 15 is 0 Å². The first-order valence-electron chi connectivity index (χ1n) is 6.56. The maximum atomic E-state index is 12.0. The third-order valence-corrected chi connectivity index (χ3v) is 3.52. The van der Waals surface area contributed by atoms with E-state index in [1.54, 1.807) is 19.1 Å². The van der Waals surface area contributed by atoms with Crippen LogP contribution in [0.3, 0.4) is 0 Å². The van der Waals surface area contributed by atoms with Crippen LogP contribution >= 0.6 is 0 Å². The smallest absolute Gasteiger partial charge is 0.340 e. The van der Waals surface area contributed by atoms with Gasteiger partial charge in [-0.05, 0) is 25.5 Å². The van der Waals surface area contributed by atoms with Crippen molar-refractivity contribution in [3.63, 3.8) is 0 Å². The van der Waals surface area contributed by atoms with E-state index in [4.69, 9.17) is 4.74 Å². The van der Waals surface area contributed by atoms with Gasteiger partial charge in [-0.3, -0.25) is 0 Å². The Balaban J connectivity index is 2.19. The van der Waals surface area contributed by atoms with Crippen LogP contribution in [0, 0.1) is 5.21 Å². The van der Waals surface area contributed by atoms with Gasteiger partial charge in [0.15, 0.2) is 5.69 Å². The molecule has 1 aromatic heterocycles. The Morgan fingerprint density at radius 3 is 3.16 bits per heavy atom. The zero-order valence-corrected chi connectivity index (χ0v) is 10.8. The number of fused-ring (bicyclic) bond motifs is 3. The van der Waals surface area contributed by atoms with E-state index in [0.29, 0.717) is 18.7 Å². The zero-order chi connectivity index (χ0) is 13.4. The summed E-state index contributed by atoms with van der Waals surface area (Å²) in [6, 6.07) is 5.41. The molecule has 0 amide bonds. The average Bonchev–Trinajstić information content (AvgIpc) is 2.78. The van der Waals surface area contributed by atoms with Crippen LogP contribution in [-0.2, 0) is 11.2 Å². The van der Waals surface area contributed by atoms with Gasteiger partial charge in [-0.2, -0.15) is 0 Å². The predicted octanol–water partition coefficient (Wildman–Crippen LogP) is 1.30. The molecular formula is C14H16N2O3. The SMILES string of the molecule is CCOC(=O)c1cccc2c3c([nH]c12)CCC[NH+]3[O-]. The van der Waals surface area contributed by atoms with Crippen molar-refractivity contribution in [1.29, 1.82) is 0 Å². The Morgan fingerprint density at radius 2 is 2.37 bits per heavy atom. The number of carbonyl (C=O) groups is 1. The van der Waals surface area contributed by atoms with Crippen molar-refractivity contribution < 1.29 is 14.6 Å². The molecule has 0 aliphatic carbocycles. The van der Waals surface area contributed by atoms with Crippen molar-refractivity contribution in [2.24, 2.45) is 0 Å². The third kappa shape index (κ3) is 1.91. The lowest BCUT2D eigenvalue weighted by Gasteiger charge is -2.26. The minimum atomic E-state index is -0.348. The minimum absolute atomic E-state index is 0.161. The second-order valence-electron chi connectivity index (χ2n) is 4.70.